The smallest absolute Gasteiger partial charge is 0.160 e. The molecular formula is C20H12Cl2FNO. The number of benzene rings is 3. The van der Waals surface area contributed by atoms with Crippen molar-refractivity contribution in [1.29, 1.82) is 0 Å². The molecule has 0 atom stereocenters. The van der Waals surface area contributed by atoms with E-state index in [-0.39, 0.29) is 5.82 Å². The van der Waals surface area contributed by atoms with E-state index in [1.807, 2.05) is 12.1 Å². The van der Waals surface area contributed by atoms with Crippen LogP contribution in [0.5, 0.6) is 11.5 Å². The van der Waals surface area contributed by atoms with Crippen molar-refractivity contribution < 1.29 is 9.13 Å². The van der Waals surface area contributed by atoms with Gasteiger partial charge in [0.1, 0.15) is 11.6 Å². The first-order chi connectivity index (χ1) is 12.1. The van der Waals surface area contributed by atoms with Crippen molar-refractivity contribution in [3.63, 3.8) is 0 Å². The van der Waals surface area contributed by atoms with Gasteiger partial charge in [-0.05, 0) is 54.6 Å². The molecule has 1 N–H and O–H groups in total. The van der Waals surface area contributed by atoms with E-state index in [1.54, 1.807) is 42.5 Å². The highest BCUT2D eigenvalue weighted by Gasteiger charge is 2.16. The van der Waals surface area contributed by atoms with E-state index in [4.69, 9.17) is 27.9 Å². The number of hydrogen-bond donors (Lipinski definition) is 1. The van der Waals surface area contributed by atoms with Crippen LogP contribution in [0.15, 0.2) is 66.7 Å². The first-order valence-electron chi connectivity index (χ1n) is 7.61. The predicted molar refractivity (Wildman–Crippen MR) is 100 cm³/mol. The molecule has 3 aromatic carbocycles. The Labute approximate surface area is 153 Å². The molecule has 2 nitrogen and oxygen atoms in total. The Balaban J connectivity index is 1.89. The summed E-state index contributed by atoms with van der Waals surface area (Å²) in [6.45, 7) is 0. The van der Waals surface area contributed by atoms with Crippen LogP contribution in [0.1, 0.15) is 0 Å². The van der Waals surface area contributed by atoms with E-state index in [0.717, 1.165) is 16.8 Å². The molecule has 4 aromatic rings. The summed E-state index contributed by atoms with van der Waals surface area (Å²) < 4.78 is 19.8. The molecule has 0 spiro atoms. The molecule has 0 bridgehead atoms. The lowest BCUT2D eigenvalue weighted by Crippen LogP contribution is -1.87. The van der Waals surface area contributed by atoms with Gasteiger partial charge in [-0.25, -0.2) is 4.39 Å². The van der Waals surface area contributed by atoms with Crippen LogP contribution in [0.4, 0.5) is 4.39 Å². The zero-order valence-electron chi connectivity index (χ0n) is 12.9. The first kappa shape index (κ1) is 16.0. The predicted octanol–water partition coefficient (Wildman–Crippen LogP) is 7.07. The summed E-state index contributed by atoms with van der Waals surface area (Å²) in [5.41, 5.74) is 2.44. The maximum Gasteiger partial charge on any atom is 0.160 e. The molecule has 5 heteroatoms. The van der Waals surface area contributed by atoms with Crippen LogP contribution in [0, 0.1) is 5.82 Å². The average molecular weight is 372 g/mol. The highest BCUT2D eigenvalue weighted by molar-refractivity contribution is 6.30. The first-order valence-corrected chi connectivity index (χ1v) is 8.36. The van der Waals surface area contributed by atoms with E-state index >= 15 is 0 Å². The van der Waals surface area contributed by atoms with Crippen LogP contribution < -0.4 is 4.74 Å². The van der Waals surface area contributed by atoms with E-state index in [9.17, 15) is 4.39 Å². The van der Waals surface area contributed by atoms with Gasteiger partial charge in [-0.2, -0.15) is 0 Å². The minimum Gasteiger partial charge on any atom is -0.454 e. The van der Waals surface area contributed by atoms with Gasteiger partial charge in [0.2, 0.25) is 0 Å². The Kier molecular flexibility index (Phi) is 4.12. The summed E-state index contributed by atoms with van der Waals surface area (Å²) in [5, 5.41) is 1.93. The quantitative estimate of drug-likeness (QED) is 0.409. The van der Waals surface area contributed by atoms with E-state index in [0.29, 0.717) is 26.9 Å². The molecule has 0 saturated heterocycles. The molecule has 0 amide bonds. The maximum absolute atomic E-state index is 13.8. The van der Waals surface area contributed by atoms with Gasteiger partial charge in [0.05, 0.1) is 5.69 Å². The summed E-state index contributed by atoms with van der Waals surface area (Å²) >= 11 is 11.9. The SMILES string of the molecule is Fc1ccc2[nH]c(-c3ccc(Cl)cc3)c(Oc3ccc(Cl)cc3)c2c1. The Bertz CT molecular complexity index is 1040. The molecule has 1 heterocycles. The minimum absolute atomic E-state index is 0.324. The number of ether oxygens (including phenoxy) is 1. The standard InChI is InChI=1S/C20H12Cl2FNO/c21-13-3-1-12(2-4-13)19-20(25-16-8-5-14(22)6-9-16)17-11-15(23)7-10-18(17)24-19/h1-11,24H. The number of nitrogens with one attached hydrogen (secondary N) is 1. The number of H-pyrrole nitrogens is 1. The summed E-state index contributed by atoms with van der Waals surface area (Å²) in [5.74, 6) is 0.846. The van der Waals surface area contributed by atoms with Crippen molar-refractivity contribution in [2.24, 2.45) is 0 Å². The molecule has 0 saturated carbocycles. The fourth-order valence-corrected chi connectivity index (χ4v) is 2.94. The van der Waals surface area contributed by atoms with E-state index in [1.165, 1.54) is 12.1 Å². The van der Waals surface area contributed by atoms with Crippen LogP contribution in [-0.4, -0.2) is 4.98 Å². The normalized spacial score (nSPS) is 11.0. The van der Waals surface area contributed by atoms with Crippen LogP contribution in [0.3, 0.4) is 0 Å². The molecule has 0 radical (unpaired) electrons. The van der Waals surface area contributed by atoms with Crippen molar-refractivity contribution in [1.82, 2.24) is 4.98 Å². The molecule has 4 rings (SSSR count). The van der Waals surface area contributed by atoms with Gasteiger partial charge in [0.15, 0.2) is 5.75 Å². The van der Waals surface area contributed by atoms with E-state index < -0.39 is 0 Å². The van der Waals surface area contributed by atoms with Crippen molar-refractivity contribution in [3.05, 3.63) is 82.6 Å². The summed E-state index contributed by atoms with van der Waals surface area (Å²) in [6.07, 6.45) is 0. The van der Waals surface area contributed by atoms with Gasteiger partial charge in [0.25, 0.3) is 0 Å². The number of rotatable bonds is 3. The van der Waals surface area contributed by atoms with Gasteiger partial charge in [0, 0.05) is 26.5 Å². The molecule has 0 aliphatic heterocycles. The number of hydrogen-bond acceptors (Lipinski definition) is 1. The fraction of sp³-hybridized carbons (Fsp3) is 0. The van der Waals surface area contributed by atoms with Crippen molar-refractivity contribution in [2.45, 2.75) is 0 Å². The second-order valence-corrected chi connectivity index (χ2v) is 6.45. The molecule has 0 fully saturated rings. The van der Waals surface area contributed by atoms with Gasteiger partial charge in [-0.3, -0.25) is 0 Å². The maximum atomic E-state index is 13.8. The Hall–Kier alpha value is -2.49. The second-order valence-electron chi connectivity index (χ2n) is 5.58. The van der Waals surface area contributed by atoms with Gasteiger partial charge < -0.3 is 9.72 Å². The third kappa shape index (κ3) is 3.21. The van der Waals surface area contributed by atoms with Crippen molar-refractivity contribution in [3.8, 4) is 22.8 Å². The van der Waals surface area contributed by atoms with Crippen molar-refractivity contribution in [2.75, 3.05) is 0 Å². The summed E-state index contributed by atoms with van der Waals surface area (Å²) in [4.78, 5) is 3.30. The number of halogens is 3. The number of fused-ring (bicyclic) bond motifs is 1. The highest BCUT2D eigenvalue weighted by atomic mass is 35.5. The highest BCUT2D eigenvalue weighted by Crippen LogP contribution is 2.40. The molecule has 124 valence electrons. The molecule has 0 aliphatic carbocycles. The van der Waals surface area contributed by atoms with Crippen LogP contribution in [-0.2, 0) is 0 Å². The zero-order chi connectivity index (χ0) is 17.4. The average Bonchev–Trinajstić information content (AvgIpc) is 2.95. The Morgan fingerprint density at radius 3 is 2.12 bits per heavy atom. The van der Waals surface area contributed by atoms with Gasteiger partial charge >= 0.3 is 0 Å². The van der Waals surface area contributed by atoms with E-state index in [2.05, 4.69) is 4.98 Å². The molecule has 1 aromatic heterocycles. The largest absolute Gasteiger partial charge is 0.454 e. The molecule has 0 aliphatic rings. The third-order valence-electron chi connectivity index (χ3n) is 3.88. The second kappa shape index (κ2) is 6.43. The Morgan fingerprint density at radius 2 is 1.44 bits per heavy atom. The number of aromatic amines is 1. The molecule has 0 unspecified atom stereocenters. The van der Waals surface area contributed by atoms with Crippen LogP contribution in [0.2, 0.25) is 10.0 Å². The third-order valence-corrected chi connectivity index (χ3v) is 4.38. The zero-order valence-corrected chi connectivity index (χ0v) is 14.4. The van der Waals surface area contributed by atoms with Crippen LogP contribution >= 0.6 is 23.2 Å². The lowest BCUT2D eigenvalue weighted by atomic mass is 10.1. The lowest BCUT2D eigenvalue weighted by molar-refractivity contribution is 0.490. The molecule has 25 heavy (non-hydrogen) atoms. The van der Waals surface area contributed by atoms with Crippen LogP contribution in [0.25, 0.3) is 22.2 Å². The summed E-state index contributed by atoms with van der Waals surface area (Å²) in [7, 11) is 0. The van der Waals surface area contributed by atoms with Crippen molar-refractivity contribution >= 4 is 34.1 Å². The van der Waals surface area contributed by atoms with Gasteiger partial charge in [-0.1, -0.05) is 35.3 Å². The topological polar surface area (TPSA) is 25.0 Å². The fourth-order valence-electron chi connectivity index (χ4n) is 2.69. The summed E-state index contributed by atoms with van der Waals surface area (Å²) in [6, 6.07) is 19.0. The molecular weight excluding hydrogens is 360 g/mol. The lowest BCUT2D eigenvalue weighted by Gasteiger charge is -2.08. The monoisotopic (exact) mass is 371 g/mol. The van der Waals surface area contributed by atoms with Gasteiger partial charge in [-0.15, -0.1) is 0 Å². The number of aromatic nitrogens is 1. The Morgan fingerprint density at radius 1 is 0.800 bits per heavy atom. The minimum atomic E-state index is -0.324.